The molecule has 2 heterocycles. The molecule has 0 aliphatic heterocycles. The van der Waals surface area contributed by atoms with E-state index >= 15 is 0 Å². The van der Waals surface area contributed by atoms with Crippen molar-refractivity contribution in [3.8, 4) is 11.4 Å². The molecular formula is C27H28N6O3. The van der Waals surface area contributed by atoms with Gasteiger partial charge in [-0.25, -0.2) is 4.79 Å². The van der Waals surface area contributed by atoms with E-state index in [1.807, 2.05) is 57.2 Å². The van der Waals surface area contributed by atoms with Gasteiger partial charge in [0.1, 0.15) is 0 Å². The van der Waals surface area contributed by atoms with Gasteiger partial charge in [-0.2, -0.15) is 0 Å². The third-order valence-electron chi connectivity index (χ3n) is 5.86. The van der Waals surface area contributed by atoms with Gasteiger partial charge in [0, 0.05) is 23.1 Å². The van der Waals surface area contributed by atoms with Crippen LogP contribution < -0.4 is 16.0 Å². The average Bonchev–Trinajstić information content (AvgIpc) is 3.28. The van der Waals surface area contributed by atoms with Gasteiger partial charge in [-0.1, -0.05) is 32.0 Å². The molecule has 4 rings (SSSR count). The number of anilines is 2. The number of hydrogen-bond acceptors (Lipinski definition) is 5. The maximum atomic E-state index is 12.9. The Kier molecular flexibility index (Phi) is 7.10. The van der Waals surface area contributed by atoms with E-state index < -0.39 is 6.04 Å². The van der Waals surface area contributed by atoms with Gasteiger partial charge in [0.05, 0.1) is 11.6 Å². The number of urea groups is 1. The molecule has 0 bridgehead atoms. The summed E-state index contributed by atoms with van der Waals surface area (Å²) >= 11 is 0. The Labute approximate surface area is 208 Å². The van der Waals surface area contributed by atoms with Gasteiger partial charge in [-0.15, -0.1) is 10.2 Å². The van der Waals surface area contributed by atoms with E-state index in [9.17, 15) is 14.4 Å². The summed E-state index contributed by atoms with van der Waals surface area (Å²) in [5, 5.41) is 17.0. The Morgan fingerprint density at radius 3 is 2.28 bits per heavy atom. The molecule has 1 atom stereocenters. The molecule has 0 aliphatic carbocycles. The summed E-state index contributed by atoms with van der Waals surface area (Å²) in [6, 6.07) is 17.2. The molecule has 184 valence electrons. The van der Waals surface area contributed by atoms with E-state index in [-0.39, 0.29) is 23.6 Å². The number of nitrogens with one attached hydrogen (secondary N) is 3. The van der Waals surface area contributed by atoms with Crippen LogP contribution in [-0.2, 0) is 4.79 Å². The summed E-state index contributed by atoms with van der Waals surface area (Å²) in [6.07, 6.45) is 1.77. The van der Waals surface area contributed by atoms with Gasteiger partial charge in [0.2, 0.25) is 0 Å². The van der Waals surface area contributed by atoms with Crippen LogP contribution in [0.2, 0.25) is 0 Å². The highest BCUT2D eigenvalue weighted by molar-refractivity contribution is 6.02. The Balaban J connectivity index is 1.52. The molecule has 0 fully saturated rings. The number of amides is 3. The van der Waals surface area contributed by atoms with Crippen LogP contribution in [-0.4, -0.2) is 38.4 Å². The molecule has 4 aromatic rings. The average molecular weight is 485 g/mol. The quantitative estimate of drug-likeness (QED) is 0.352. The number of aromatic nitrogens is 3. The number of pyridine rings is 1. The molecule has 0 saturated heterocycles. The van der Waals surface area contributed by atoms with Crippen LogP contribution >= 0.6 is 0 Å². The van der Waals surface area contributed by atoms with Crippen molar-refractivity contribution in [1.82, 2.24) is 19.9 Å². The first kappa shape index (κ1) is 24.6. The molecule has 9 nitrogen and oxygen atoms in total. The minimum Gasteiger partial charge on any atom is -0.342 e. The summed E-state index contributed by atoms with van der Waals surface area (Å²) in [5.74, 6) is 0.0227. The Morgan fingerprint density at radius 1 is 0.889 bits per heavy atom. The highest BCUT2D eigenvalue weighted by atomic mass is 16.2. The van der Waals surface area contributed by atoms with E-state index in [4.69, 9.17) is 0 Å². The van der Waals surface area contributed by atoms with Crippen LogP contribution in [0.25, 0.3) is 17.0 Å². The first-order chi connectivity index (χ1) is 17.2. The number of rotatable bonds is 7. The second-order valence-electron chi connectivity index (χ2n) is 8.92. The standard InChI is InChI=1S/C27H28N6O3/c1-16(2)23(18(4)34)30-26(35)21-9-7-15-33-24(31-32-25(21)33)19-11-13-20(14-12-19)28-27(36)29-22-10-6-5-8-17(22)3/h5-16,23H,1-4H3,(H,30,35)(H2,28,29,36)/t23-/m0/s1. The maximum absolute atomic E-state index is 12.9. The van der Waals surface area contributed by atoms with Crippen LogP contribution in [0.1, 0.15) is 36.7 Å². The van der Waals surface area contributed by atoms with Crippen LogP contribution in [0.5, 0.6) is 0 Å². The smallest absolute Gasteiger partial charge is 0.323 e. The number of aryl methyl sites for hydroxylation is 1. The zero-order valence-electron chi connectivity index (χ0n) is 20.6. The third kappa shape index (κ3) is 5.25. The summed E-state index contributed by atoms with van der Waals surface area (Å²) in [5.41, 5.74) is 3.79. The number of nitrogens with zero attached hydrogens (tertiary/aromatic N) is 3. The molecule has 36 heavy (non-hydrogen) atoms. The first-order valence-corrected chi connectivity index (χ1v) is 11.6. The summed E-state index contributed by atoms with van der Waals surface area (Å²) in [4.78, 5) is 37.2. The van der Waals surface area contributed by atoms with Gasteiger partial charge in [0.25, 0.3) is 5.91 Å². The van der Waals surface area contributed by atoms with Crippen LogP contribution in [0.4, 0.5) is 16.2 Å². The van der Waals surface area contributed by atoms with Crippen LogP contribution in [0.3, 0.4) is 0 Å². The van der Waals surface area contributed by atoms with Gasteiger partial charge in [-0.3, -0.25) is 14.0 Å². The molecule has 0 aliphatic rings. The minimum atomic E-state index is -0.580. The highest BCUT2D eigenvalue weighted by Gasteiger charge is 2.23. The number of carbonyl (C=O) groups is 3. The van der Waals surface area contributed by atoms with E-state index in [1.54, 1.807) is 34.9 Å². The Hall–Kier alpha value is -4.53. The lowest BCUT2D eigenvalue weighted by molar-refractivity contribution is -0.119. The zero-order chi connectivity index (χ0) is 25.8. The van der Waals surface area contributed by atoms with Crippen LogP contribution in [0, 0.1) is 12.8 Å². The highest BCUT2D eigenvalue weighted by Crippen LogP contribution is 2.23. The summed E-state index contributed by atoms with van der Waals surface area (Å²) < 4.78 is 1.72. The fourth-order valence-corrected chi connectivity index (χ4v) is 3.95. The second kappa shape index (κ2) is 10.4. The predicted molar refractivity (Wildman–Crippen MR) is 139 cm³/mol. The maximum Gasteiger partial charge on any atom is 0.323 e. The third-order valence-corrected chi connectivity index (χ3v) is 5.86. The topological polar surface area (TPSA) is 117 Å². The molecule has 0 unspecified atom stereocenters. The van der Waals surface area contributed by atoms with Crippen molar-refractivity contribution in [2.45, 2.75) is 33.7 Å². The van der Waals surface area contributed by atoms with Crippen LogP contribution in [0.15, 0.2) is 66.9 Å². The number of ketones is 1. The SMILES string of the molecule is CC(=O)[C@@H](NC(=O)c1cccn2c(-c3ccc(NC(=O)Nc4ccccc4C)cc3)nnc12)C(C)C. The van der Waals surface area contributed by atoms with Crippen molar-refractivity contribution in [1.29, 1.82) is 0 Å². The van der Waals surface area contributed by atoms with Crippen molar-refractivity contribution in [3.63, 3.8) is 0 Å². The van der Waals surface area contributed by atoms with Gasteiger partial charge in [0.15, 0.2) is 17.3 Å². The van der Waals surface area contributed by atoms with Crippen molar-refractivity contribution in [3.05, 3.63) is 78.0 Å². The predicted octanol–water partition coefficient (Wildman–Crippen LogP) is 4.69. The van der Waals surface area contributed by atoms with E-state index in [1.165, 1.54) is 6.92 Å². The first-order valence-electron chi connectivity index (χ1n) is 11.6. The van der Waals surface area contributed by atoms with E-state index in [0.717, 1.165) is 16.8 Å². The van der Waals surface area contributed by atoms with Gasteiger partial charge < -0.3 is 16.0 Å². The Bertz CT molecular complexity index is 1430. The van der Waals surface area contributed by atoms with Crippen molar-refractivity contribution in [2.75, 3.05) is 10.6 Å². The largest absolute Gasteiger partial charge is 0.342 e. The zero-order valence-corrected chi connectivity index (χ0v) is 20.6. The molecular weight excluding hydrogens is 456 g/mol. The van der Waals surface area contributed by atoms with Crippen molar-refractivity contribution in [2.24, 2.45) is 5.92 Å². The normalized spacial score (nSPS) is 11.8. The Morgan fingerprint density at radius 2 is 1.61 bits per heavy atom. The lowest BCUT2D eigenvalue weighted by Crippen LogP contribution is -2.43. The number of fused-ring (bicyclic) bond motifs is 1. The number of Topliss-reactive ketones (excluding diaryl/α,β-unsaturated/α-hetero) is 1. The molecule has 0 radical (unpaired) electrons. The lowest BCUT2D eigenvalue weighted by atomic mass is 10.0. The molecule has 3 N–H and O–H groups in total. The van der Waals surface area contributed by atoms with E-state index in [2.05, 4.69) is 26.1 Å². The number of benzene rings is 2. The number of hydrogen-bond donors (Lipinski definition) is 3. The lowest BCUT2D eigenvalue weighted by Gasteiger charge is -2.19. The number of carbonyl (C=O) groups excluding carboxylic acids is 3. The van der Waals surface area contributed by atoms with Gasteiger partial charge in [-0.05, 0) is 67.8 Å². The minimum absolute atomic E-state index is 0.0365. The van der Waals surface area contributed by atoms with E-state index in [0.29, 0.717) is 22.7 Å². The summed E-state index contributed by atoms with van der Waals surface area (Å²) in [6.45, 7) is 7.15. The molecule has 9 heteroatoms. The summed E-state index contributed by atoms with van der Waals surface area (Å²) in [7, 11) is 0. The number of para-hydroxylation sites is 1. The second-order valence-corrected chi connectivity index (χ2v) is 8.92. The van der Waals surface area contributed by atoms with Crippen molar-refractivity contribution < 1.29 is 14.4 Å². The van der Waals surface area contributed by atoms with Gasteiger partial charge >= 0.3 is 6.03 Å². The fourth-order valence-electron chi connectivity index (χ4n) is 3.95. The molecule has 0 spiro atoms. The molecule has 3 amide bonds. The molecule has 0 saturated carbocycles. The van der Waals surface area contributed by atoms with Crippen molar-refractivity contribution >= 4 is 34.7 Å². The monoisotopic (exact) mass is 484 g/mol. The molecule has 2 aromatic heterocycles. The molecule has 2 aromatic carbocycles. The fraction of sp³-hybridized carbons (Fsp3) is 0.222.